The Morgan fingerprint density at radius 2 is 2.00 bits per heavy atom. The van der Waals surface area contributed by atoms with Crippen molar-refractivity contribution < 1.29 is 17.9 Å². The molecule has 1 aliphatic rings. The molecule has 2 N–H and O–H groups in total. The van der Waals surface area contributed by atoms with Crippen LogP contribution < -0.4 is 15.0 Å². The summed E-state index contributed by atoms with van der Waals surface area (Å²) in [5.74, 6) is 0.147. The molecule has 2 aromatic rings. The molecule has 3 rings (SSSR count). The standard InChI is InChI=1S/C14H14N2O4S/c1-21(18,19)16-15-14(17)13-8-11-10-5-3-2-4-9(10)6-7-12(11)20-13/h2-7,13,16H,8H2,1H3,(H,15,17)/t13-/m1/s1. The van der Waals surface area contributed by atoms with Crippen molar-refractivity contribution in [3.63, 3.8) is 0 Å². The van der Waals surface area contributed by atoms with Crippen LogP contribution in [-0.2, 0) is 21.2 Å². The molecule has 0 bridgehead atoms. The van der Waals surface area contributed by atoms with Crippen LogP contribution in [0.4, 0.5) is 0 Å². The molecule has 0 spiro atoms. The molecule has 0 saturated carbocycles. The van der Waals surface area contributed by atoms with Gasteiger partial charge in [-0.05, 0) is 16.8 Å². The molecule has 1 amide bonds. The van der Waals surface area contributed by atoms with Crippen LogP contribution in [0.25, 0.3) is 10.8 Å². The molecule has 0 unspecified atom stereocenters. The average Bonchev–Trinajstić information content (AvgIpc) is 2.88. The molecule has 0 saturated heterocycles. The molecule has 21 heavy (non-hydrogen) atoms. The third-order valence-electron chi connectivity index (χ3n) is 3.31. The predicted octanol–water partition coefficient (Wildman–Crippen LogP) is 0.724. The van der Waals surface area contributed by atoms with E-state index in [1.807, 2.05) is 41.2 Å². The van der Waals surface area contributed by atoms with Crippen molar-refractivity contribution in [3.05, 3.63) is 42.0 Å². The number of hydrogen-bond donors (Lipinski definition) is 2. The van der Waals surface area contributed by atoms with E-state index in [4.69, 9.17) is 4.74 Å². The van der Waals surface area contributed by atoms with Gasteiger partial charge in [-0.1, -0.05) is 30.3 Å². The normalized spacial score (nSPS) is 17.3. The van der Waals surface area contributed by atoms with Gasteiger partial charge >= 0.3 is 0 Å². The van der Waals surface area contributed by atoms with Gasteiger partial charge in [0.15, 0.2) is 6.10 Å². The number of hydrazine groups is 1. The van der Waals surface area contributed by atoms with E-state index in [-0.39, 0.29) is 0 Å². The van der Waals surface area contributed by atoms with E-state index in [9.17, 15) is 13.2 Å². The summed E-state index contributed by atoms with van der Waals surface area (Å²) in [4.78, 5) is 13.9. The zero-order chi connectivity index (χ0) is 15.0. The number of benzene rings is 2. The third kappa shape index (κ3) is 2.84. The largest absolute Gasteiger partial charge is 0.480 e. The van der Waals surface area contributed by atoms with E-state index in [2.05, 4.69) is 5.43 Å². The molecular weight excluding hydrogens is 292 g/mol. The van der Waals surface area contributed by atoms with Crippen molar-refractivity contribution in [2.75, 3.05) is 6.26 Å². The van der Waals surface area contributed by atoms with Gasteiger partial charge < -0.3 is 4.74 Å². The smallest absolute Gasteiger partial charge is 0.276 e. The molecule has 110 valence electrons. The fourth-order valence-corrected chi connectivity index (χ4v) is 2.67. The van der Waals surface area contributed by atoms with E-state index < -0.39 is 22.0 Å². The summed E-state index contributed by atoms with van der Waals surface area (Å²) in [6, 6.07) is 11.6. The van der Waals surface area contributed by atoms with Crippen LogP contribution in [0.3, 0.4) is 0 Å². The summed E-state index contributed by atoms with van der Waals surface area (Å²) < 4.78 is 27.5. The lowest BCUT2D eigenvalue weighted by Gasteiger charge is -2.10. The maximum Gasteiger partial charge on any atom is 0.276 e. The van der Waals surface area contributed by atoms with Gasteiger partial charge in [-0.15, -0.1) is 4.83 Å². The molecule has 2 aromatic carbocycles. The van der Waals surface area contributed by atoms with Gasteiger partial charge in [0.1, 0.15) is 5.75 Å². The summed E-state index contributed by atoms with van der Waals surface area (Å²) in [6.07, 6.45) is 0.638. The van der Waals surface area contributed by atoms with Crippen LogP contribution in [0.2, 0.25) is 0 Å². The van der Waals surface area contributed by atoms with E-state index in [0.29, 0.717) is 12.2 Å². The number of amides is 1. The van der Waals surface area contributed by atoms with E-state index >= 15 is 0 Å². The monoisotopic (exact) mass is 306 g/mol. The highest BCUT2D eigenvalue weighted by Crippen LogP contribution is 2.34. The fraction of sp³-hybridized carbons (Fsp3) is 0.214. The Balaban J connectivity index is 1.81. The van der Waals surface area contributed by atoms with Gasteiger partial charge in [0.05, 0.1) is 6.26 Å². The summed E-state index contributed by atoms with van der Waals surface area (Å²) in [7, 11) is -3.49. The van der Waals surface area contributed by atoms with Crippen molar-refractivity contribution in [2.45, 2.75) is 12.5 Å². The van der Waals surface area contributed by atoms with Crippen molar-refractivity contribution in [3.8, 4) is 5.75 Å². The number of nitrogens with one attached hydrogen (secondary N) is 2. The summed E-state index contributed by atoms with van der Waals surface area (Å²) in [5.41, 5.74) is 3.11. The molecule has 1 atom stereocenters. The lowest BCUT2D eigenvalue weighted by molar-refractivity contribution is -0.127. The Morgan fingerprint density at radius 3 is 2.76 bits per heavy atom. The second-order valence-corrected chi connectivity index (χ2v) is 6.69. The first kappa shape index (κ1) is 13.8. The SMILES string of the molecule is CS(=O)(=O)NNC(=O)[C@H]1Cc2c(ccc3ccccc23)O1. The van der Waals surface area contributed by atoms with Gasteiger partial charge in [-0.2, -0.15) is 0 Å². The quantitative estimate of drug-likeness (QED) is 0.819. The topological polar surface area (TPSA) is 84.5 Å². The maximum absolute atomic E-state index is 11.9. The van der Waals surface area contributed by atoms with Crippen molar-refractivity contribution in [2.24, 2.45) is 0 Å². The van der Waals surface area contributed by atoms with Crippen LogP contribution in [0.5, 0.6) is 5.75 Å². The molecule has 1 aliphatic heterocycles. The highest BCUT2D eigenvalue weighted by molar-refractivity contribution is 7.88. The Hall–Kier alpha value is -2.12. The number of carbonyl (C=O) groups is 1. The Kier molecular flexibility index (Phi) is 3.30. The minimum Gasteiger partial charge on any atom is -0.480 e. The van der Waals surface area contributed by atoms with Crippen molar-refractivity contribution in [1.29, 1.82) is 0 Å². The average molecular weight is 306 g/mol. The van der Waals surface area contributed by atoms with Crippen LogP contribution in [-0.4, -0.2) is 26.7 Å². The molecule has 7 heteroatoms. The Labute approximate surface area is 122 Å². The number of hydrogen-bond acceptors (Lipinski definition) is 4. The summed E-state index contributed by atoms with van der Waals surface area (Å²) >= 11 is 0. The minimum atomic E-state index is -3.49. The number of ether oxygens (including phenoxy) is 1. The zero-order valence-electron chi connectivity index (χ0n) is 11.3. The van der Waals surface area contributed by atoms with Gasteiger partial charge in [-0.3, -0.25) is 10.2 Å². The number of rotatable bonds is 3. The van der Waals surface area contributed by atoms with Crippen LogP contribution in [0.15, 0.2) is 36.4 Å². The molecular formula is C14H14N2O4S. The molecule has 0 aromatic heterocycles. The van der Waals surface area contributed by atoms with Crippen molar-refractivity contribution >= 4 is 26.7 Å². The second kappa shape index (κ2) is 5.01. The first-order valence-electron chi connectivity index (χ1n) is 6.38. The van der Waals surface area contributed by atoms with Gasteiger partial charge in [0, 0.05) is 12.0 Å². The molecule has 0 radical (unpaired) electrons. The maximum atomic E-state index is 11.9. The first-order valence-corrected chi connectivity index (χ1v) is 8.27. The number of sulfonamides is 1. The van der Waals surface area contributed by atoms with E-state index in [1.165, 1.54) is 0 Å². The molecule has 0 aliphatic carbocycles. The van der Waals surface area contributed by atoms with Crippen LogP contribution in [0.1, 0.15) is 5.56 Å². The van der Waals surface area contributed by atoms with Crippen LogP contribution in [0, 0.1) is 0 Å². The highest BCUT2D eigenvalue weighted by atomic mass is 32.2. The van der Waals surface area contributed by atoms with Crippen LogP contribution >= 0.6 is 0 Å². The Bertz CT molecular complexity index is 817. The Morgan fingerprint density at radius 1 is 1.24 bits per heavy atom. The summed E-state index contributed by atoms with van der Waals surface area (Å²) in [5, 5.41) is 2.12. The third-order valence-corrected chi connectivity index (χ3v) is 3.78. The van der Waals surface area contributed by atoms with E-state index in [1.54, 1.807) is 0 Å². The first-order chi connectivity index (χ1) is 9.94. The fourth-order valence-electron chi connectivity index (χ4n) is 2.39. The highest BCUT2D eigenvalue weighted by Gasteiger charge is 2.30. The number of fused-ring (bicyclic) bond motifs is 3. The van der Waals surface area contributed by atoms with Gasteiger partial charge in [0.2, 0.25) is 10.0 Å². The zero-order valence-corrected chi connectivity index (χ0v) is 12.1. The number of carbonyl (C=O) groups excluding carboxylic acids is 1. The lowest BCUT2D eigenvalue weighted by Crippen LogP contribution is -2.47. The molecule has 1 heterocycles. The molecule has 0 fully saturated rings. The molecule has 6 nitrogen and oxygen atoms in total. The second-order valence-electron chi connectivity index (χ2n) is 4.94. The summed E-state index contributed by atoms with van der Waals surface area (Å²) in [6.45, 7) is 0. The van der Waals surface area contributed by atoms with Gasteiger partial charge in [-0.25, -0.2) is 8.42 Å². The van der Waals surface area contributed by atoms with Gasteiger partial charge in [0.25, 0.3) is 5.91 Å². The minimum absolute atomic E-state index is 0.411. The van der Waals surface area contributed by atoms with E-state index in [0.717, 1.165) is 22.6 Å². The predicted molar refractivity (Wildman–Crippen MR) is 78.2 cm³/mol. The lowest BCUT2D eigenvalue weighted by atomic mass is 10.0. The van der Waals surface area contributed by atoms with Crippen molar-refractivity contribution in [1.82, 2.24) is 10.3 Å².